The normalized spacial score (nSPS) is 29.5. The van der Waals surface area contributed by atoms with Crippen LogP contribution in [-0.2, 0) is 0 Å². The molecule has 0 radical (unpaired) electrons. The molecule has 1 rings (SSSR count). The van der Waals surface area contributed by atoms with Gasteiger partial charge in [0, 0.05) is 0 Å². The molecule has 0 atom stereocenters. The van der Waals surface area contributed by atoms with Crippen molar-refractivity contribution in [2.45, 2.75) is 97.5 Å². The first kappa shape index (κ1) is 16.0. The van der Waals surface area contributed by atoms with Crippen molar-refractivity contribution in [3.8, 4) is 0 Å². The third kappa shape index (κ3) is 4.57. The zero-order valence-electron chi connectivity index (χ0n) is 13.1. The van der Waals surface area contributed by atoms with E-state index in [2.05, 4.69) is 27.7 Å². The fourth-order valence-electron chi connectivity index (χ4n) is 3.36. The number of hydrogen-bond donors (Lipinski definition) is 1. The Hall–Kier alpha value is -0.0400. The van der Waals surface area contributed by atoms with Crippen LogP contribution < -0.4 is 0 Å². The molecule has 1 nitrogen and oxygen atoms in total. The smallest absolute Gasteiger partial charge is 0.0648 e. The van der Waals surface area contributed by atoms with Gasteiger partial charge >= 0.3 is 0 Å². The van der Waals surface area contributed by atoms with Crippen molar-refractivity contribution in [2.24, 2.45) is 11.3 Å². The molecule has 1 aliphatic rings. The molecule has 0 aliphatic heterocycles. The Morgan fingerprint density at radius 3 is 2.17 bits per heavy atom. The van der Waals surface area contributed by atoms with Gasteiger partial charge in [0.05, 0.1) is 5.60 Å². The van der Waals surface area contributed by atoms with Gasteiger partial charge in [-0.3, -0.25) is 0 Å². The van der Waals surface area contributed by atoms with Gasteiger partial charge in [-0.05, 0) is 43.4 Å². The molecule has 0 heterocycles. The Kier molecular flexibility index (Phi) is 6.17. The molecule has 18 heavy (non-hydrogen) atoms. The average molecular weight is 254 g/mol. The summed E-state index contributed by atoms with van der Waals surface area (Å²) in [6.07, 6.45) is 11.9. The maximum Gasteiger partial charge on any atom is 0.0648 e. The van der Waals surface area contributed by atoms with Crippen LogP contribution in [0.5, 0.6) is 0 Å². The van der Waals surface area contributed by atoms with Crippen molar-refractivity contribution in [2.75, 3.05) is 0 Å². The molecule has 0 aromatic carbocycles. The van der Waals surface area contributed by atoms with Crippen molar-refractivity contribution in [3.63, 3.8) is 0 Å². The largest absolute Gasteiger partial charge is 0.390 e. The first-order chi connectivity index (χ1) is 8.43. The third-order valence-corrected chi connectivity index (χ3v) is 5.43. The summed E-state index contributed by atoms with van der Waals surface area (Å²) in [6, 6.07) is 0. The van der Waals surface area contributed by atoms with Gasteiger partial charge in [-0.2, -0.15) is 0 Å². The SMILES string of the molecule is CCCCCCC1(O)CCC(C(C)(C)CC)CC1. The van der Waals surface area contributed by atoms with Crippen LogP contribution >= 0.6 is 0 Å². The molecule has 0 bridgehead atoms. The molecule has 0 aromatic heterocycles. The van der Waals surface area contributed by atoms with Crippen LogP contribution in [0.25, 0.3) is 0 Å². The summed E-state index contributed by atoms with van der Waals surface area (Å²) in [4.78, 5) is 0. The van der Waals surface area contributed by atoms with E-state index in [1.807, 2.05) is 0 Å². The molecule has 0 amide bonds. The van der Waals surface area contributed by atoms with Gasteiger partial charge in [-0.15, -0.1) is 0 Å². The molecule has 108 valence electrons. The highest BCUT2D eigenvalue weighted by atomic mass is 16.3. The number of aliphatic hydroxyl groups is 1. The number of rotatable bonds is 7. The second kappa shape index (κ2) is 6.93. The average Bonchev–Trinajstić information content (AvgIpc) is 2.35. The van der Waals surface area contributed by atoms with Crippen molar-refractivity contribution in [1.29, 1.82) is 0 Å². The molecule has 1 heteroatoms. The lowest BCUT2D eigenvalue weighted by Gasteiger charge is -2.42. The summed E-state index contributed by atoms with van der Waals surface area (Å²) < 4.78 is 0. The highest BCUT2D eigenvalue weighted by molar-refractivity contribution is 4.89. The van der Waals surface area contributed by atoms with Crippen molar-refractivity contribution in [3.05, 3.63) is 0 Å². The molecule has 0 spiro atoms. The van der Waals surface area contributed by atoms with Gasteiger partial charge in [0.1, 0.15) is 0 Å². The first-order valence-corrected chi connectivity index (χ1v) is 8.16. The van der Waals surface area contributed by atoms with Gasteiger partial charge in [-0.25, -0.2) is 0 Å². The molecule has 1 aliphatic carbocycles. The highest BCUT2D eigenvalue weighted by Gasteiger charge is 2.37. The van der Waals surface area contributed by atoms with Crippen LogP contribution in [-0.4, -0.2) is 10.7 Å². The Morgan fingerprint density at radius 2 is 1.67 bits per heavy atom. The van der Waals surface area contributed by atoms with Gasteiger partial charge in [0.2, 0.25) is 0 Å². The standard InChI is InChI=1S/C17H34O/c1-5-7-8-9-12-17(18)13-10-15(11-14-17)16(3,4)6-2/h15,18H,5-14H2,1-4H3. The minimum atomic E-state index is -0.325. The zero-order chi connectivity index (χ0) is 13.6. The van der Waals surface area contributed by atoms with E-state index < -0.39 is 0 Å². The van der Waals surface area contributed by atoms with E-state index in [0.29, 0.717) is 5.41 Å². The quantitative estimate of drug-likeness (QED) is 0.610. The number of hydrogen-bond acceptors (Lipinski definition) is 1. The van der Waals surface area contributed by atoms with Gasteiger partial charge in [0.15, 0.2) is 0 Å². The Balaban J connectivity index is 2.33. The summed E-state index contributed by atoms with van der Waals surface area (Å²) in [5.74, 6) is 0.818. The fourth-order valence-corrected chi connectivity index (χ4v) is 3.36. The predicted octanol–water partition coefficient (Wildman–Crippen LogP) is 5.31. The minimum Gasteiger partial charge on any atom is -0.390 e. The summed E-state index contributed by atoms with van der Waals surface area (Å²) in [6.45, 7) is 9.32. The Bertz CT molecular complexity index is 224. The van der Waals surface area contributed by atoms with Gasteiger partial charge in [0.25, 0.3) is 0 Å². The van der Waals surface area contributed by atoms with E-state index >= 15 is 0 Å². The first-order valence-electron chi connectivity index (χ1n) is 8.16. The summed E-state index contributed by atoms with van der Waals surface area (Å²) in [5.41, 5.74) is 0.137. The maximum atomic E-state index is 10.6. The molecule has 0 aromatic rings. The van der Waals surface area contributed by atoms with Crippen molar-refractivity contribution >= 4 is 0 Å². The second-order valence-electron chi connectivity index (χ2n) is 7.15. The second-order valence-corrected chi connectivity index (χ2v) is 7.15. The van der Waals surface area contributed by atoms with E-state index in [0.717, 1.165) is 25.2 Å². The molecule has 0 unspecified atom stereocenters. The lowest BCUT2D eigenvalue weighted by atomic mass is 9.65. The zero-order valence-corrected chi connectivity index (χ0v) is 13.1. The highest BCUT2D eigenvalue weighted by Crippen LogP contribution is 2.44. The molecular weight excluding hydrogens is 220 g/mol. The third-order valence-electron chi connectivity index (χ3n) is 5.43. The molecule has 1 N–H and O–H groups in total. The van der Waals surface area contributed by atoms with Gasteiger partial charge in [-0.1, -0.05) is 59.8 Å². The maximum absolute atomic E-state index is 10.6. The molecule has 0 saturated heterocycles. The lowest BCUT2D eigenvalue weighted by Crippen LogP contribution is -2.38. The summed E-state index contributed by atoms with van der Waals surface area (Å²) in [7, 11) is 0. The Labute approximate surface area is 114 Å². The summed E-state index contributed by atoms with van der Waals surface area (Å²) in [5, 5.41) is 10.6. The predicted molar refractivity (Wildman–Crippen MR) is 79.7 cm³/mol. The number of unbranched alkanes of at least 4 members (excludes halogenated alkanes) is 3. The molecule has 1 saturated carbocycles. The van der Waals surface area contributed by atoms with Crippen molar-refractivity contribution < 1.29 is 5.11 Å². The molecular formula is C17H34O. The van der Waals surface area contributed by atoms with Crippen LogP contribution in [0.4, 0.5) is 0 Å². The lowest BCUT2D eigenvalue weighted by molar-refractivity contribution is -0.0357. The van der Waals surface area contributed by atoms with Crippen LogP contribution in [0.15, 0.2) is 0 Å². The van der Waals surface area contributed by atoms with E-state index in [1.165, 1.54) is 44.9 Å². The van der Waals surface area contributed by atoms with Crippen LogP contribution in [0, 0.1) is 11.3 Å². The van der Waals surface area contributed by atoms with Crippen LogP contribution in [0.1, 0.15) is 91.9 Å². The molecule has 1 fully saturated rings. The van der Waals surface area contributed by atoms with E-state index in [-0.39, 0.29) is 5.60 Å². The van der Waals surface area contributed by atoms with Crippen molar-refractivity contribution in [1.82, 2.24) is 0 Å². The topological polar surface area (TPSA) is 20.2 Å². The summed E-state index contributed by atoms with van der Waals surface area (Å²) >= 11 is 0. The Morgan fingerprint density at radius 1 is 1.06 bits per heavy atom. The monoisotopic (exact) mass is 254 g/mol. The minimum absolute atomic E-state index is 0.325. The van der Waals surface area contributed by atoms with Gasteiger partial charge < -0.3 is 5.11 Å². The fraction of sp³-hybridized carbons (Fsp3) is 1.00. The van der Waals surface area contributed by atoms with E-state index in [4.69, 9.17) is 0 Å². The van der Waals surface area contributed by atoms with Crippen LogP contribution in [0.3, 0.4) is 0 Å². The van der Waals surface area contributed by atoms with E-state index in [9.17, 15) is 5.11 Å². The van der Waals surface area contributed by atoms with E-state index in [1.54, 1.807) is 0 Å². The van der Waals surface area contributed by atoms with Crippen LogP contribution in [0.2, 0.25) is 0 Å².